The van der Waals surface area contributed by atoms with Crippen LogP contribution < -0.4 is 5.73 Å². The quantitative estimate of drug-likeness (QED) is 0.890. The number of nitrogens with zero attached hydrogens (tertiary/aromatic N) is 2. The Kier molecular flexibility index (Phi) is 4.53. The van der Waals surface area contributed by atoms with Crippen LogP contribution in [0.1, 0.15) is 17.0 Å². The Bertz CT molecular complexity index is 981. The van der Waals surface area contributed by atoms with Crippen molar-refractivity contribution in [2.45, 2.75) is 5.92 Å². The van der Waals surface area contributed by atoms with Crippen LogP contribution in [0.3, 0.4) is 0 Å². The van der Waals surface area contributed by atoms with Crippen molar-refractivity contribution in [3.63, 3.8) is 0 Å². The first-order chi connectivity index (χ1) is 13.2. The molecule has 0 fully saturated rings. The molecule has 134 valence electrons. The molecular weight excluding hydrogens is 334 g/mol. The van der Waals surface area contributed by atoms with Gasteiger partial charge in [0.05, 0.1) is 5.92 Å². The number of nitrogens with two attached hydrogens (primary N) is 1. The molecule has 0 radical (unpaired) electrons. The van der Waals surface area contributed by atoms with E-state index in [0.29, 0.717) is 5.57 Å². The van der Waals surface area contributed by atoms with E-state index in [1.54, 1.807) is 0 Å². The van der Waals surface area contributed by atoms with Gasteiger partial charge in [-0.25, -0.2) is 0 Å². The van der Waals surface area contributed by atoms with Crippen LogP contribution in [-0.2, 0) is 4.74 Å². The van der Waals surface area contributed by atoms with E-state index >= 15 is 0 Å². The summed E-state index contributed by atoms with van der Waals surface area (Å²) in [7, 11) is 2.08. The molecule has 0 saturated heterocycles. The van der Waals surface area contributed by atoms with Crippen LogP contribution in [0.2, 0.25) is 0 Å². The summed E-state index contributed by atoms with van der Waals surface area (Å²) < 4.78 is 6.00. The molecule has 2 heterocycles. The second-order valence-electron chi connectivity index (χ2n) is 6.94. The van der Waals surface area contributed by atoms with Crippen molar-refractivity contribution in [3.05, 3.63) is 100 Å². The Labute approximate surface area is 159 Å². The molecule has 0 aromatic heterocycles. The van der Waals surface area contributed by atoms with Crippen LogP contribution in [0.25, 0.3) is 6.08 Å². The molecule has 4 rings (SSSR count). The first kappa shape index (κ1) is 17.1. The highest BCUT2D eigenvalue weighted by Crippen LogP contribution is 2.43. The summed E-state index contributed by atoms with van der Waals surface area (Å²) in [5, 5.41) is 9.73. The molecule has 1 atom stereocenters. The van der Waals surface area contributed by atoms with Crippen LogP contribution in [-0.4, -0.2) is 25.0 Å². The van der Waals surface area contributed by atoms with Crippen molar-refractivity contribution in [1.82, 2.24) is 4.90 Å². The van der Waals surface area contributed by atoms with Crippen molar-refractivity contribution in [2.24, 2.45) is 5.73 Å². The first-order valence-corrected chi connectivity index (χ1v) is 8.97. The fourth-order valence-electron chi connectivity index (χ4n) is 3.82. The fraction of sp³-hybridized carbons (Fsp3) is 0.174. The number of ether oxygens (including phenoxy) is 1. The Morgan fingerprint density at radius 3 is 2.41 bits per heavy atom. The summed E-state index contributed by atoms with van der Waals surface area (Å²) in [5.41, 5.74) is 11.0. The normalized spacial score (nSPS) is 21.6. The predicted molar refractivity (Wildman–Crippen MR) is 106 cm³/mol. The number of hydrogen-bond donors (Lipinski definition) is 1. The van der Waals surface area contributed by atoms with Crippen molar-refractivity contribution in [3.8, 4) is 6.07 Å². The molecule has 0 saturated carbocycles. The molecule has 2 aromatic rings. The Morgan fingerprint density at radius 1 is 1.07 bits per heavy atom. The van der Waals surface area contributed by atoms with Crippen molar-refractivity contribution >= 4 is 6.08 Å². The zero-order valence-corrected chi connectivity index (χ0v) is 15.2. The van der Waals surface area contributed by atoms with Gasteiger partial charge in [0.1, 0.15) is 17.4 Å². The first-order valence-electron chi connectivity index (χ1n) is 8.97. The van der Waals surface area contributed by atoms with E-state index < -0.39 is 0 Å². The Hall–Kier alpha value is -3.29. The molecule has 2 aliphatic rings. The standard InChI is InChI=1S/C23H21N3O/c1-26-14-18(12-16-8-4-2-5-9-16)22-20(15-26)21(17-10-6-3-7-11-17)19(13-24)23(25)27-22/h2-12,21H,14-15,25H2,1H3/b18-12+. The van der Waals surface area contributed by atoms with Gasteiger partial charge in [-0.05, 0) is 29.8 Å². The van der Waals surface area contributed by atoms with E-state index in [4.69, 9.17) is 10.5 Å². The molecule has 1 unspecified atom stereocenters. The molecule has 0 aliphatic carbocycles. The van der Waals surface area contributed by atoms with E-state index in [2.05, 4.69) is 36.2 Å². The third-order valence-corrected chi connectivity index (χ3v) is 4.97. The SMILES string of the molecule is CN1CC2=C(OC(N)=C(C#N)C2c2ccccc2)/C(=C/c2ccccc2)C1. The van der Waals surface area contributed by atoms with Crippen LogP contribution in [0.15, 0.2) is 89.0 Å². The lowest BCUT2D eigenvalue weighted by atomic mass is 9.80. The minimum atomic E-state index is -0.179. The van der Waals surface area contributed by atoms with Gasteiger partial charge in [-0.15, -0.1) is 0 Å². The molecular formula is C23H21N3O. The lowest BCUT2D eigenvalue weighted by Crippen LogP contribution is -2.35. The zero-order valence-electron chi connectivity index (χ0n) is 15.2. The van der Waals surface area contributed by atoms with Crippen LogP contribution in [0, 0.1) is 11.3 Å². The number of benzene rings is 2. The number of nitriles is 1. The maximum atomic E-state index is 9.73. The molecule has 27 heavy (non-hydrogen) atoms. The topological polar surface area (TPSA) is 62.3 Å². The highest BCUT2D eigenvalue weighted by Gasteiger charge is 2.36. The van der Waals surface area contributed by atoms with Gasteiger partial charge in [-0.3, -0.25) is 4.90 Å². The third-order valence-electron chi connectivity index (χ3n) is 4.97. The average molecular weight is 355 g/mol. The second kappa shape index (κ2) is 7.14. The number of rotatable bonds is 2. The average Bonchev–Trinajstić information content (AvgIpc) is 2.69. The van der Waals surface area contributed by atoms with Crippen molar-refractivity contribution < 1.29 is 4.74 Å². The van der Waals surface area contributed by atoms with Crippen molar-refractivity contribution in [1.29, 1.82) is 5.26 Å². The number of likely N-dealkylation sites (N-methyl/N-ethyl adjacent to an activating group) is 1. The lowest BCUT2D eigenvalue weighted by molar-refractivity contribution is 0.251. The number of hydrogen-bond acceptors (Lipinski definition) is 4. The maximum Gasteiger partial charge on any atom is 0.205 e. The van der Waals surface area contributed by atoms with E-state index in [1.807, 2.05) is 48.5 Å². The van der Waals surface area contributed by atoms with Crippen LogP contribution in [0.4, 0.5) is 0 Å². The van der Waals surface area contributed by atoms with E-state index in [1.165, 1.54) is 0 Å². The molecule has 2 aromatic carbocycles. The molecule has 0 bridgehead atoms. The lowest BCUT2D eigenvalue weighted by Gasteiger charge is -2.36. The van der Waals surface area contributed by atoms with Crippen LogP contribution >= 0.6 is 0 Å². The predicted octanol–water partition coefficient (Wildman–Crippen LogP) is 3.78. The molecule has 2 N–H and O–H groups in total. The molecule has 0 amide bonds. The fourth-order valence-corrected chi connectivity index (χ4v) is 3.82. The summed E-state index contributed by atoms with van der Waals surface area (Å²) in [4.78, 5) is 2.24. The third kappa shape index (κ3) is 3.25. The molecule has 2 aliphatic heterocycles. The van der Waals surface area contributed by atoms with E-state index in [9.17, 15) is 5.26 Å². The summed E-state index contributed by atoms with van der Waals surface area (Å²) >= 11 is 0. The van der Waals surface area contributed by atoms with Gasteiger partial charge in [-0.1, -0.05) is 60.7 Å². The summed E-state index contributed by atoms with van der Waals surface area (Å²) in [6, 6.07) is 22.5. The van der Waals surface area contributed by atoms with Gasteiger partial charge in [0, 0.05) is 18.7 Å². The second-order valence-corrected chi connectivity index (χ2v) is 6.94. The van der Waals surface area contributed by atoms with Gasteiger partial charge in [0.15, 0.2) is 0 Å². The summed E-state index contributed by atoms with van der Waals surface area (Å²) in [6.07, 6.45) is 2.14. The maximum absolute atomic E-state index is 9.73. The minimum Gasteiger partial charge on any atom is -0.440 e. The highest BCUT2D eigenvalue weighted by molar-refractivity contribution is 5.62. The number of allylic oxidation sites excluding steroid dienone is 1. The van der Waals surface area contributed by atoms with E-state index in [-0.39, 0.29) is 11.8 Å². The molecule has 0 spiro atoms. The largest absolute Gasteiger partial charge is 0.440 e. The van der Waals surface area contributed by atoms with Gasteiger partial charge in [0.2, 0.25) is 5.88 Å². The van der Waals surface area contributed by atoms with Crippen molar-refractivity contribution in [2.75, 3.05) is 20.1 Å². The Morgan fingerprint density at radius 2 is 1.74 bits per heavy atom. The smallest absolute Gasteiger partial charge is 0.205 e. The van der Waals surface area contributed by atoms with Crippen LogP contribution in [0.5, 0.6) is 0 Å². The van der Waals surface area contributed by atoms with Gasteiger partial charge < -0.3 is 10.5 Å². The van der Waals surface area contributed by atoms with Gasteiger partial charge in [-0.2, -0.15) is 5.26 Å². The summed E-state index contributed by atoms with van der Waals surface area (Å²) in [5.74, 6) is 0.831. The minimum absolute atomic E-state index is 0.179. The van der Waals surface area contributed by atoms with E-state index in [0.717, 1.165) is 41.1 Å². The monoisotopic (exact) mass is 355 g/mol. The molecule has 4 nitrogen and oxygen atoms in total. The zero-order chi connectivity index (χ0) is 18.8. The van der Waals surface area contributed by atoms with Gasteiger partial charge >= 0.3 is 0 Å². The molecule has 4 heteroatoms. The Balaban J connectivity index is 1.87. The van der Waals surface area contributed by atoms with Gasteiger partial charge in [0.25, 0.3) is 0 Å². The highest BCUT2D eigenvalue weighted by atomic mass is 16.5. The summed E-state index contributed by atoms with van der Waals surface area (Å²) in [6.45, 7) is 1.50.